The highest BCUT2D eigenvalue weighted by molar-refractivity contribution is 7.39. The van der Waals surface area contributed by atoms with Crippen LogP contribution in [-0.4, -0.2) is 9.79 Å². The van der Waals surface area contributed by atoms with Crippen molar-refractivity contribution in [1.82, 2.24) is 0 Å². The fourth-order valence-corrected chi connectivity index (χ4v) is 1.75. The monoisotopic (exact) mass is 214 g/mol. The fourth-order valence-electron chi connectivity index (χ4n) is 1.33. The Bertz CT molecular complexity index is 323. The zero-order valence-corrected chi connectivity index (χ0v) is 9.51. The van der Waals surface area contributed by atoms with Crippen LogP contribution in [0, 0.1) is 13.8 Å². The molecule has 0 saturated carbocycles. The van der Waals surface area contributed by atoms with Gasteiger partial charge in [-0.3, -0.25) is 0 Å². The van der Waals surface area contributed by atoms with Gasteiger partial charge in [0, 0.05) is 0 Å². The number of hydrogen-bond donors (Lipinski definition) is 2. The molecule has 0 atom stereocenters. The number of rotatable bonds is 3. The second-order valence-electron chi connectivity index (χ2n) is 3.19. The summed E-state index contributed by atoms with van der Waals surface area (Å²) in [6.45, 7) is 5.90. The van der Waals surface area contributed by atoms with Crippen molar-refractivity contribution >= 4 is 8.60 Å². The molecule has 0 aromatic heterocycles. The van der Waals surface area contributed by atoms with E-state index in [0.29, 0.717) is 5.75 Å². The standard InChI is InChI=1S/C10H15O3P/c1-4-9-6-5-7(2)8(3)10(9)13-14(11)12/h5-6,11-12H,4H2,1-3H3. The topological polar surface area (TPSA) is 49.7 Å². The van der Waals surface area contributed by atoms with Gasteiger partial charge in [0.1, 0.15) is 5.75 Å². The summed E-state index contributed by atoms with van der Waals surface area (Å²) in [5.41, 5.74) is 3.07. The van der Waals surface area contributed by atoms with Crippen LogP contribution in [0.1, 0.15) is 23.6 Å². The highest BCUT2D eigenvalue weighted by Crippen LogP contribution is 2.35. The molecule has 0 saturated heterocycles. The number of hydrogen-bond acceptors (Lipinski definition) is 3. The number of aryl methyl sites for hydroxylation is 2. The van der Waals surface area contributed by atoms with Crippen molar-refractivity contribution in [2.75, 3.05) is 0 Å². The first-order valence-corrected chi connectivity index (χ1v) is 5.67. The Kier molecular flexibility index (Phi) is 3.87. The van der Waals surface area contributed by atoms with E-state index in [4.69, 9.17) is 14.3 Å². The minimum Gasteiger partial charge on any atom is -0.426 e. The van der Waals surface area contributed by atoms with Gasteiger partial charge in [0.15, 0.2) is 0 Å². The fraction of sp³-hybridized carbons (Fsp3) is 0.400. The molecule has 14 heavy (non-hydrogen) atoms. The molecule has 0 aliphatic carbocycles. The van der Waals surface area contributed by atoms with Crippen molar-refractivity contribution in [2.24, 2.45) is 0 Å². The van der Waals surface area contributed by atoms with Gasteiger partial charge >= 0.3 is 8.60 Å². The van der Waals surface area contributed by atoms with E-state index in [1.165, 1.54) is 0 Å². The van der Waals surface area contributed by atoms with E-state index in [2.05, 4.69) is 0 Å². The molecule has 0 bridgehead atoms. The zero-order valence-electron chi connectivity index (χ0n) is 8.61. The Morgan fingerprint density at radius 1 is 1.29 bits per heavy atom. The predicted octanol–water partition coefficient (Wildman–Crippen LogP) is 2.46. The van der Waals surface area contributed by atoms with Crippen LogP contribution in [0.25, 0.3) is 0 Å². The molecule has 0 aliphatic heterocycles. The summed E-state index contributed by atoms with van der Waals surface area (Å²) in [6.07, 6.45) is 0.819. The summed E-state index contributed by atoms with van der Waals surface area (Å²) in [6, 6.07) is 3.97. The first-order chi connectivity index (χ1) is 6.56. The molecule has 0 radical (unpaired) electrons. The van der Waals surface area contributed by atoms with Gasteiger partial charge in [0.25, 0.3) is 0 Å². The maximum Gasteiger partial charge on any atom is 0.391 e. The van der Waals surface area contributed by atoms with Gasteiger partial charge in [-0.2, -0.15) is 0 Å². The quantitative estimate of drug-likeness (QED) is 0.760. The van der Waals surface area contributed by atoms with E-state index < -0.39 is 8.60 Å². The summed E-state index contributed by atoms with van der Waals surface area (Å²) < 4.78 is 5.02. The first kappa shape index (κ1) is 11.4. The molecule has 2 N–H and O–H groups in total. The Hall–Kier alpha value is -0.630. The van der Waals surface area contributed by atoms with Crippen LogP contribution in [0.3, 0.4) is 0 Å². The lowest BCUT2D eigenvalue weighted by atomic mass is 10.0. The van der Waals surface area contributed by atoms with Gasteiger partial charge in [-0.05, 0) is 37.0 Å². The molecule has 0 aliphatic rings. The molecule has 1 aromatic carbocycles. The molecule has 1 rings (SSSR count). The molecule has 0 fully saturated rings. The summed E-state index contributed by atoms with van der Waals surface area (Å²) in [5.74, 6) is 0.614. The molecule has 1 aromatic rings. The average molecular weight is 214 g/mol. The van der Waals surface area contributed by atoms with Crippen molar-refractivity contribution in [3.63, 3.8) is 0 Å². The van der Waals surface area contributed by atoms with Gasteiger partial charge in [-0.15, -0.1) is 0 Å². The van der Waals surface area contributed by atoms with Crippen LogP contribution < -0.4 is 4.52 Å². The third kappa shape index (κ3) is 2.44. The number of benzene rings is 1. The lowest BCUT2D eigenvalue weighted by Crippen LogP contribution is -1.96. The summed E-state index contributed by atoms with van der Waals surface area (Å²) in [4.78, 5) is 17.7. The predicted molar refractivity (Wildman–Crippen MR) is 57.3 cm³/mol. The van der Waals surface area contributed by atoms with Crippen LogP contribution >= 0.6 is 8.60 Å². The smallest absolute Gasteiger partial charge is 0.391 e. The molecule has 0 heterocycles. The second-order valence-corrected chi connectivity index (χ2v) is 3.88. The van der Waals surface area contributed by atoms with E-state index in [0.717, 1.165) is 23.1 Å². The van der Waals surface area contributed by atoms with Gasteiger partial charge in [0.05, 0.1) is 0 Å². The third-order valence-corrected chi connectivity index (χ3v) is 2.66. The second kappa shape index (κ2) is 4.74. The highest BCUT2D eigenvalue weighted by Gasteiger charge is 2.11. The van der Waals surface area contributed by atoms with Crippen molar-refractivity contribution in [3.8, 4) is 5.75 Å². The lowest BCUT2D eigenvalue weighted by molar-refractivity contribution is 0.372. The van der Waals surface area contributed by atoms with E-state index in [9.17, 15) is 0 Å². The van der Waals surface area contributed by atoms with E-state index in [1.807, 2.05) is 32.9 Å². The van der Waals surface area contributed by atoms with Gasteiger partial charge in [0.2, 0.25) is 0 Å². The van der Waals surface area contributed by atoms with Crippen LogP contribution in [0.2, 0.25) is 0 Å². The van der Waals surface area contributed by atoms with Crippen LogP contribution in [-0.2, 0) is 6.42 Å². The SMILES string of the molecule is CCc1ccc(C)c(C)c1OP(O)O. The Labute approximate surface area is 85.4 Å². The minimum absolute atomic E-state index is 0.614. The summed E-state index contributed by atoms with van der Waals surface area (Å²) >= 11 is 0. The Morgan fingerprint density at radius 3 is 2.43 bits per heavy atom. The van der Waals surface area contributed by atoms with E-state index in [1.54, 1.807) is 0 Å². The van der Waals surface area contributed by atoms with Crippen molar-refractivity contribution in [3.05, 3.63) is 28.8 Å². The summed E-state index contributed by atoms with van der Waals surface area (Å²) in [5, 5.41) is 0. The minimum atomic E-state index is -2.33. The molecule has 4 heteroatoms. The van der Waals surface area contributed by atoms with Gasteiger partial charge in [-0.1, -0.05) is 19.1 Å². The van der Waals surface area contributed by atoms with Crippen LogP contribution in [0.15, 0.2) is 12.1 Å². The first-order valence-electron chi connectivity index (χ1n) is 4.51. The van der Waals surface area contributed by atoms with Crippen LogP contribution in [0.4, 0.5) is 0 Å². The maximum absolute atomic E-state index is 8.84. The zero-order chi connectivity index (χ0) is 10.7. The molecular weight excluding hydrogens is 199 g/mol. The molecule has 0 unspecified atom stereocenters. The highest BCUT2D eigenvalue weighted by atomic mass is 31.2. The average Bonchev–Trinajstić information content (AvgIpc) is 2.13. The van der Waals surface area contributed by atoms with Gasteiger partial charge < -0.3 is 14.3 Å². The molecule has 78 valence electrons. The summed E-state index contributed by atoms with van der Waals surface area (Å²) in [7, 11) is -2.33. The lowest BCUT2D eigenvalue weighted by Gasteiger charge is -2.14. The maximum atomic E-state index is 8.84. The third-order valence-electron chi connectivity index (χ3n) is 2.31. The molecule has 0 amide bonds. The van der Waals surface area contributed by atoms with Crippen LogP contribution in [0.5, 0.6) is 5.75 Å². The molecule has 3 nitrogen and oxygen atoms in total. The Morgan fingerprint density at radius 2 is 1.93 bits per heavy atom. The Balaban J connectivity index is 3.14. The normalized spacial score (nSPS) is 10.7. The largest absolute Gasteiger partial charge is 0.426 e. The van der Waals surface area contributed by atoms with E-state index >= 15 is 0 Å². The van der Waals surface area contributed by atoms with Gasteiger partial charge in [-0.25, -0.2) is 0 Å². The van der Waals surface area contributed by atoms with E-state index in [-0.39, 0.29) is 0 Å². The molecular formula is C10H15O3P. The van der Waals surface area contributed by atoms with Crippen molar-refractivity contribution in [2.45, 2.75) is 27.2 Å². The van der Waals surface area contributed by atoms with Crippen molar-refractivity contribution in [1.29, 1.82) is 0 Å². The molecule has 0 spiro atoms. The van der Waals surface area contributed by atoms with Crippen molar-refractivity contribution < 1.29 is 14.3 Å².